The van der Waals surface area contributed by atoms with Gasteiger partial charge in [-0.3, -0.25) is 4.79 Å². The van der Waals surface area contributed by atoms with Gasteiger partial charge in [0.1, 0.15) is 0 Å². The number of hydrogen-bond acceptors (Lipinski definition) is 5. The third kappa shape index (κ3) is 5.10. The van der Waals surface area contributed by atoms with Crippen LogP contribution in [-0.2, 0) is 4.79 Å². The standard InChI is InChI=1S/C20H12BrClN2OS3/c21-12-1-5-14(6-2-12)23-20-24-19(25)17(28-20)11-16-9-10-18(27-16)26-15-7-3-13(22)4-8-15/h1-11H,(H,23,24,25)/b17-11-. The largest absolute Gasteiger partial charge is 0.300 e. The van der Waals surface area contributed by atoms with E-state index in [2.05, 4.69) is 32.3 Å². The van der Waals surface area contributed by atoms with E-state index >= 15 is 0 Å². The number of benzene rings is 2. The van der Waals surface area contributed by atoms with Crippen LogP contribution in [0.1, 0.15) is 4.88 Å². The molecule has 1 amide bonds. The number of thiophene rings is 1. The summed E-state index contributed by atoms with van der Waals surface area (Å²) in [7, 11) is 0. The maximum absolute atomic E-state index is 12.3. The van der Waals surface area contributed by atoms with Gasteiger partial charge in [-0.25, -0.2) is 4.99 Å². The molecule has 8 heteroatoms. The molecule has 1 fully saturated rings. The normalized spacial score (nSPS) is 16.7. The first kappa shape index (κ1) is 19.8. The van der Waals surface area contributed by atoms with E-state index < -0.39 is 0 Å². The molecule has 3 nitrogen and oxygen atoms in total. The number of aliphatic imine (C=N–C) groups is 1. The SMILES string of the molecule is O=C1NC(=Nc2ccc(Br)cc2)S/C1=C\c1ccc(Sc2ccc(Cl)cc2)s1. The molecule has 1 aliphatic rings. The highest BCUT2D eigenvalue weighted by Crippen LogP contribution is 2.36. The number of amidine groups is 1. The molecule has 1 saturated heterocycles. The Morgan fingerprint density at radius 1 is 1.04 bits per heavy atom. The summed E-state index contributed by atoms with van der Waals surface area (Å²) in [6.07, 6.45) is 1.90. The van der Waals surface area contributed by atoms with Gasteiger partial charge in [-0.2, -0.15) is 0 Å². The van der Waals surface area contributed by atoms with Crippen LogP contribution in [0, 0.1) is 0 Å². The van der Waals surface area contributed by atoms with E-state index in [4.69, 9.17) is 11.6 Å². The molecule has 1 N–H and O–H groups in total. The predicted molar refractivity (Wildman–Crippen MR) is 125 cm³/mol. The lowest BCUT2D eigenvalue weighted by Gasteiger charge is -1.97. The summed E-state index contributed by atoms with van der Waals surface area (Å²) in [4.78, 5) is 19.5. The van der Waals surface area contributed by atoms with Crippen LogP contribution in [0.2, 0.25) is 5.02 Å². The van der Waals surface area contributed by atoms with Crippen molar-refractivity contribution in [3.63, 3.8) is 0 Å². The zero-order valence-corrected chi connectivity index (χ0v) is 19.0. The van der Waals surface area contributed by atoms with E-state index in [1.807, 2.05) is 60.7 Å². The number of thioether (sulfide) groups is 1. The van der Waals surface area contributed by atoms with E-state index in [-0.39, 0.29) is 5.91 Å². The molecule has 0 atom stereocenters. The van der Waals surface area contributed by atoms with Crippen molar-refractivity contribution in [2.24, 2.45) is 4.99 Å². The molecule has 2 heterocycles. The molecule has 0 bridgehead atoms. The number of halogens is 2. The number of hydrogen-bond donors (Lipinski definition) is 1. The number of rotatable bonds is 4. The first-order valence-corrected chi connectivity index (χ1v) is 11.8. The van der Waals surface area contributed by atoms with Crippen LogP contribution in [-0.4, -0.2) is 11.1 Å². The van der Waals surface area contributed by atoms with Crippen molar-refractivity contribution in [1.29, 1.82) is 0 Å². The van der Waals surface area contributed by atoms with E-state index in [0.717, 1.165) is 29.2 Å². The molecule has 140 valence electrons. The highest BCUT2D eigenvalue weighted by molar-refractivity contribution is 9.10. The molecule has 2 aromatic carbocycles. The Morgan fingerprint density at radius 3 is 2.54 bits per heavy atom. The van der Waals surface area contributed by atoms with Gasteiger partial charge < -0.3 is 5.32 Å². The summed E-state index contributed by atoms with van der Waals surface area (Å²) in [5.74, 6) is -0.124. The maximum atomic E-state index is 12.3. The van der Waals surface area contributed by atoms with E-state index in [9.17, 15) is 4.79 Å². The fourth-order valence-electron chi connectivity index (χ4n) is 2.33. The third-order valence-corrected chi connectivity index (χ3v) is 7.48. The van der Waals surface area contributed by atoms with Crippen LogP contribution < -0.4 is 5.32 Å². The topological polar surface area (TPSA) is 41.5 Å². The van der Waals surface area contributed by atoms with E-state index in [0.29, 0.717) is 10.1 Å². The van der Waals surface area contributed by atoms with Gasteiger partial charge in [0.2, 0.25) is 0 Å². The molecular weight excluding hydrogens is 496 g/mol. The van der Waals surface area contributed by atoms with Crippen molar-refractivity contribution in [3.05, 3.63) is 79.9 Å². The minimum atomic E-state index is -0.124. The summed E-state index contributed by atoms with van der Waals surface area (Å²) >= 11 is 14.0. The molecule has 3 aromatic rings. The zero-order chi connectivity index (χ0) is 19.5. The van der Waals surface area contributed by atoms with Gasteiger partial charge in [-0.1, -0.05) is 39.3 Å². The van der Waals surface area contributed by atoms with Gasteiger partial charge in [0.05, 0.1) is 14.8 Å². The van der Waals surface area contributed by atoms with Crippen LogP contribution >= 0.6 is 62.4 Å². The van der Waals surface area contributed by atoms with Gasteiger partial charge in [0, 0.05) is 19.3 Å². The minimum absolute atomic E-state index is 0.124. The Balaban J connectivity index is 1.47. The molecule has 1 aromatic heterocycles. The van der Waals surface area contributed by atoms with Crippen molar-refractivity contribution in [2.45, 2.75) is 9.10 Å². The highest BCUT2D eigenvalue weighted by Gasteiger charge is 2.24. The molecule has 0 spiro atoms. The van der Waals surface area contributed by atoms with Crippen molar-refractivity contribution in [3.8, 4) is 0 Å². The van der Waals surface area contributed by atoms with Crippen LogP contribution in [0.3, 0.4) is 0 Å². The Bertz CT molecular complexity index is 1080. The number of nitrogens with zero attached hydrogens (tertiary/aromatic N) is 1. The Labute approximate surface area is 188 Å². The van der Waals surface area contributed by atoms with Crippen LogP contribution in [0.4, 0.5) is 5.69 Å². The van der Waals surface area contributed by atoms with Crippen LogP contribution in [0.25, 0.3) is 6.08 Å². The lowest BCUT2D eigenvalue weighted by Crippen LogP contribution is -2.19. The molecule has 0 saturated carbocycles. The lowest BCUT2D eigenvalue weighted by atomic mass is 10.3. The second-order valence-corrected chi connectivity index (χ2v) is 10.5. The van der Waals surface area contributed by atoms with Gasteiger partial charge in [-0.15, -0.1) is 11.3 Å². The lowest BCUT2D eigenvalue weighted by molar-refractivity contribution is -0.115. The smallest absolute Gasteiger partial charge is 0.264 e. The fourth-order valence-corrected chi connectivity index (χ4v) is 5.69. The number of carbonyl (C=O) groups excluding carboxylic acids is 1. The summed E-state index contributed by atoms with van der Waals surface area (Å²) in [5, 5.41) is 4.14. The number of amides is 1. The van der Waals surface area contributed by atoms with Crippen molar-refractivity contribution in [2.75, 3.05) is 0 Å². The molecule has 0 aliphatic carbocycles. The number of carbonyl (C=O) groups is 1. The summed E-state index contributed by atoms with van der Waals surface area (Å²) in [6, 6.07) is 19.5. The molecule has 0 radical (unpaired) electrons. The highest BCUT2D eigenvalue weighted by atomic mass is 79.9. The minimum Gasteiger partial charge on any atom is -0.300 e. The van der Waals surface area contributed by atoms with E-state index in [1.54, 1.807) is 23.1 Å². The van der Waals surface area contributed by atoms with Crippen LogP contribution in [0.15, 0.2) is 84.1 Å². The van der Waals surface area contributed by atoms with Crippen molar-refractivity contribution in [1.82, 2.24) is 5.32 Å². The maximum Gasteiger partial charge on any atom is 0.264 e. The monoisotopic (exact) mass is 506 g/mol. The predicted octanol–water partition coefficient (Wildman–Crippen LogP) is 7.21. The Morgan fingerprint density at radius 2 is 1.79 bits per heavy atom. The quantitative estimate of drug-likeness (QED) is 0.379. The molecule has 0 unspecified atom stereocenters. The Hall–Kier alpha value is -1.51. The summed E-state index contributed by atoms with van der Waals surface area (Å²) in [6.45, 7) is 0. The van der Waals surface area contributed by atoms with Gasteiger partial charge in [0.25, 0.3) is 5.91 Å². The number of nitrogens with one attached hydrogen (secondary N) is 1. The third-order valence-electron chi connectivity index (χ3n) is 3.62. The average Bonchev–Trinajstić information content (AvgIpc) is 3.26. The van der Waals surface area contributed by atoms with Crippen molar-refractivity contribution >= 4 is 85.2 Å². The molecule has 4 rings (SSSR count). The van der Waals surface area contributed by atoms with Gasteiger partial charge >= 0.3 is 0 Å². The second kappa shape index (κ2) is 8.88. The van der Waals surface area contributed by atoms with E-state index in [1.165, 1.54) is 11.8 Å². The Kier molecular flexibility index (Phi) is 6.28. The van der Waals surface area contributed by atoms with Gasteiger partial charge in [0.15, 0.2) is 5.17 Å². The summed E-state index contributed by atoms with van der Waals surface area (Å²) in [5.41, 5.74) is 0.796. The molecule has 1 aliphatic heterocycles. The molecular formula is C20H12BrClN2OS3. The first-order valence-electron chi connectivity index (χ1n) is 8.13. The van der Waals surface area contributed by atoms with Crippen LogP contribution in [0.5, 0.6) is 0 Å². The molecule has 28 heavy (non-hydrogen) atoms. The van der Waals surface area contributed by atoms with Gasteiger partial charge in [-0.05, 0) is 78.5 Å². The zero-order valence-electron chi connectivity index (χ0n) is 14.2. The second-order valence-electron chi connectivity index (χ2n) is 5.67. The fraction of sp³-hybridized carbons (Fsp3) is 0. The summed E-state index contributed by atoms with van der Waals surface area (Å²) < 4.78 is 2.14. The first-order chi connectivity index (χ1) is 13.5. The van der Waals surface area contributed by atoms with Crippen molar-refractivity contribution < 1.29 is 4.79 Å². The average molecular weight is 508 g/mol.